The number of aromatic nitrogens is 2. The van der Waals surface area contributed by atoms with E-state index in [-0.39, 0.29) is 23.6 Å². The van der Waals surface area contributed by atoms with Gasteiger partial charge in [0.05, 0.1) is 23.6 Å². The van der Waals surface area contributed by atoms with Gasteiger partial charge in [0.15, 0.2) is 5.16 Å². The van der Waals surface area contributed by atoms with Gasteiger partial charge in [-0.25, -0.2) is 4.98 Å². The molecule has 168 valence electrons. The summed E-state index contributed by atoms with van der Waals surface area (Å²) < 4.78 is 7.54. The fraction of sp³-hybridized carbons (Fsp3) is 0.400. The number of aryl methyl sites for hydroxylation is 1. The van der Waals surface area contributed by atoms with Gasteiger partial charge in [0.25, 0.3) is 11.5 Å². The molecule has 0 bridgehead atoms. The van der Waals surface area contributed by atoms with E-state index in [9.17, 15) is 9.59 Å². The molecule has 1 atom stereocenters. The highest BCUT2D eigenvalue weighted by Crippen LogP contribution is 2.25. The Morgan fingerprint density at radius 2 is 2.09 bits per heavy atom. The number of ether oxygens (including phenoxy) is 1. The predicted octanol–water partition coefficient (Wildman–Crippen LogP) is 4.31. The molecule has 0 saturated carbocycles. The van der Waals surface area contributed by atoms with Gasteiger partial charge in [-0.15, -0.1) is 0 Å². The highest BCUT2D eigenvalue weighted by Gasteiger charge is 2.21. The molecular formula is C25H29N3O3S. The first-order valence-corrected chi connectivity index (χ1v) is 12.1. The molecule has 6 nitrogen and oxygen atoms in total. The molecule has 0 spiro atoms. The molecule has 32 heavy (non-hydrogen) atoms. The smallest absolute Gasteiger partial charge is 0.262 e. The van der Waals surface area contributed by atoms with Gasteiger partial charge in [-0.2, -0.15) is 0 Å². The molecule has 1 fully saturated rings. The Kier molecular flexibility index (Phi) is 6.96. The second-order valence-electron chi connectivity index (χ2n) is 8.52. The molecule has 2 heterocycles. The average Bonchev–Trinajstić information content (AvgIpc) is 3.28. The molecule has 7 heteroatoms. The number of carbonyl (C=O) groups is 1. The van der Waals surface area contributed by atoms with Crippen LogP contribution in [0.5, 0.6) is 0 Å². The lowest BCUT2D eigenvalue weighted by Gasteiger charge is -2.17. The monoisotopic (exact) mass is 451 g/mol. The van der Waals surface area contributed by atoms with Crippen molar-refractivity contribution < 1.29 is 9.53 Å². The number of carbonyl (C=O) groups excluding carboxylic acids is 1. The van der Waals surface area contributed by atoms with E-state index in [4.69, 9.17) is 9.72 Å². The van der Waals surface area contributed by atoms with Crippen molar-refractivity contribution >= 4 is 28.6 Å². The van der Waals surface area contributed by atoms with Gasteiger partial charge < -0.3 is 10.1 Å². The number of hydrogen-bond acceptors (Lipinski definition) is 5. The van der Waals surface area contributed by atoms with Crippen molar-refractivity contribution in [1.82, 2.24) is 14.9 Å². The predicted molar refractivity (Wildman–Crippen MR) is 128 cm³/mol. The minimum absolute atomic E-state index is 0.0286. The third kappa shape index (κ3) is 5.05. The van der Waals surface area contributed by atoms with E-state index < -0.39 is 0 Å². The van der Waals surface area contributed by atoms with E-state index in [1.807, 2.05) is 26.0 Å². The van der Waals surface area contributed by atoms with Crippen LogP contribution in [-0.2, 0) is 17.0 Å². The van der Waals surface area contributed by atoms with Gasteiger partial charge in [-0.3, -0.25) is 14.2 Å². The number of hydrogen-bond donors (Lipinski definition) is 1. The summed E-state index contributed by atoms with van der Waals surface area (Å²) in [6.45, 7) is 7.15. The maximum atomic E-state index is 13.4. The molecule has 3 aromatic rings. The lowest BCUT2D eigenvalue weighted by molar-refractivity contribution is 0.0937. The van der Waals surface area contributed by atoms with Gasteiger partial charge in [0.2, 0.25) is 0 Å². The molecule has 0 aliphatic carbocycles. The molecule has 1 aromatic heterocycles. The average molecular weight is 452 g/mol. The Labute approximate surface area is 192 Å². The second-order valence-corrected chi connectivity index (χ2v) is 9.46. The van der Waals surface area contributed by atoms with Crippen molar-refractivity contribution in [2.45, 2.75) is 63.2 Å². The van der Waals surface area contributed by atoms with Crippen molar-refractivity contribution in [2.24, 2.45) is 0 Å². The van der Waals surface area contributed by atoms with Crippen LogP contribution in [0.25, 0.3) is 10.9 Å². The summed E-state index contributed by atoms with van der Waals surface area (Å²) in [5.41, 5.74) is 3.38. The third-order valence-corrected chi connectivity index (χ3v) is 6.66. The summed E-state index contributed by atoms with van der Waals surface area (Å²) in [6.07, 6.45) is 1.99. The molecule has 0 unspecified atom stereocenters. The van der Waals surface area contributed by atoms with Crippen LogP contribution in [0.1, 0.15) is 48.2 Å². The summed E-state index contributed by atoms with van der Waals surface area (Å²) >= 11 is 1.55. The summed E-state index contributed by atoms with van der Waals surface area (Å²) in [5.74, 6) is 0.547. The maximum Gasteiger partial charge on any atom is 0.262 e. The molecule has 1 aliphatic heterocycles. The molecule has 1 amide bonds. The van der Waals surface area contributed by atoms with Gasteiger partial charge in [0.1, 0.15) is 0 Å². The van der Waals surface area contributed by atoms with Gasteiger partial charge in [-0.05, 0) is 62.9 Å². The highest BCUT2D eigenvalue weighted by atomic mass is 32.2. The van der Waals surface area contributed by atoms with E-state index in [0.717, 1.165) is 19.4 Å². The number of thioether (sulfide) groups is 1. The fourth-order valence-electron chi connectivity index (χ4n) is 3.86. The van der Waals surface area contributed by atoms with Crippen LogP contribution >= 0.6 is 11.8 Å². The second kappa shape index (κ2) is 9.88. The zero-order valence-electron chi connectivity index (χ0n) is 18.8. The Morgan fingerprint density at radius 1 is 1.28 bits per heavy atom. The number of nitrogens with zero attached hydrogens (tertiary/aromatic N) is 2. The van der Waals surface area contributed by atoms with E-state index in [1.165, 1.54) is 11.1 Å². The molecular weight excluding hydrogens is 422 g/mol. The topological polar surface area (TPSA) is 73.2 Å². The van der Waals surface area contributed by atoms with Crippen molar-refractivity contribution in [1.29, 1.82) is 0 Å². The number of nitrogens with one attached hydrogen (secondary N) is 1. The lowest BCUT2D eigenvalue weighted by Crippen LogP contribution is -2.31. The highest BCUT2D eigenvalue weighted by molar-refractivity contribution is 7.98. The number of benzene rings is 2. The van der Waals surface area contributed by atoms with Crippen LogP contribution in [0.15, 0.2) is 52.4 Å². The summed E-state index contributed by atoms with van der Waals surface area (Å²) in [6, 6.07) is 13.4. The molecule has 1 aliphatic rings. The molecule has 2 aromatic carbocycles. The largest absolute Gasteiger partial charge is 0.376 e. The lowest BCUT2D eigenvalue weighted by atomic mass is 10.1. The van der Waals surface area contributed by atoms with Crippen LogP contribution in [-0.4, -0.2) is 34.2 Å². The normalized spacial score (nSPS) is 16.1. The quantitative estimate of drug-likeness (QED) is 0.428. The first kappa shape index (κ1) is 22.6. The number of amides is 1. The SMILES string of the molecule is Cc1ccccc1CSc1nc2cc(C(=O)NC(C)C)ccc2c(=O)n1C[C@H]1CCCO1. The van der Waals surface area contributed by atoms with Crippen LogP contribution < -0.4 is 10.9 Å². The van der Waals surface area contributed by atoms with E-state index in [1.54, 1.807) is 34.5 Å². The van der Waals surface area contributed by atoms with E-state index in [0.29, 0.717) is 33.9 Å². The van der Waals surface area contributed by atoms with Gasteiger partial charge in [-0.1, -0.05) is 36.0 Å². The third-order valence-electron chi connectivity index (χ3n) is 5.63. The van der Waals surface area contributed by atoms with Gasteiger partial charge in [0, 0.05) is 24.0 Å². The maximum absolute atomic E-state index is 13.4. The van der Waals surface area contributed by atoms with Crippen molar-refractivity contribution in [2.75, 3.05) is 6.61 Å². The minimum Gasteiger partial charge on any atom is -0.376 e. The Balaban J connectivity index is 1.73. The minimum atomic E-state index is -0.165. The Bertz CT molecular complexity index is 1180. The fourth-order valence-corrected chi connectivity index (χ4v) is 4.95. The van der Waals surface area contributed by atoms with Crippen molar-refractivity contribution in [3.63, 3.8) is 0 Å². The zero-order chi connectivity index (χ0) is 22.7. The first-order chi connectivity index (χ1) is 15.4. The number of rotatable bonds is 7. The zero-order valence-corrected chi connectivity index (χ0v) is 19.6. The van der Waals surface area contributed by atoms with E-state index >= 15 is 0 Å². The Hall–Kier alpha value is -2.64. The summed E-state index contributed by atoms with van der Waals surface area (Å²) in [7, 11) is 0. The van der Waals surface area contributed by atoms with Crippen molar-refractivity contribution in [3.8, 4) is 0 Å². The van der Waals surface area contributed by atoms with Crippen LogP contribution in [0.3, 0.4) is 0 Å². The Morgan fingerprint density at radius 3 is 2.81 bits per heavy atom. The van der Waals surface area contributed by atoms with Gasteiger partial charge >= 0.3 is 0 Å². The van der Waals surface area contributed by atoms with Crippen LogP contribution in [0, 0.1) is 6.92 Å². The van der Waals surface area contributed by atoms with E-state index in [2.05, 4.69) is 24.4 Å². The molecule has 1 N–H and O–H groups in total. The van der Waals surface area contributed by atoms with Crippen LogP contribution in [0.2, 0.25) is 0 Å². The number of fused-ring (bicyclic) bond motifs is 1. The molecule has 1 saturated heterocycles. The van der Waals surface area contributed by atoms with Crippen molar-refractivity contribution in [3.05, 3.63) is 69.5 Å². The molecule has 4 rings (SSSR count). The van der Waals surface area contributed by atoms with Crippen LogP contribution in [0.4, 0.5) is 0 Å². The summed E-state index contributed by atoms with van der Waals surface area (Å²) in [4.78, 5) is 30.7. The first-order valence-electron chi connectivity index (χ1n) is 11.1. The molecule has 0 radical (unpaired) electrons. The standard InChI is InChI=1S/C25H29N3O3S/c1-16(2)26-23(29)18-10-11-21-22(13-18)27-25(32-15-19-8-5-4-7-17(19)3)28(24(21)30)14-20-9-6-12-31-20/h4-5,7-8,10-11,13,16,20H,6,9,12,14-15H2,1-3H3,(H,26,29)/t20-/m1/s1. The summed E-state index contributed by atoms with van der Waals surface area (Å²) in [5, 5.41) is 4.07.